The van der Waals surface area contributed by atoms with Crippen LogP contribution in [0.3, 0.4) is 0 Å². The molecule has 0 aromatic rings. The van der Waals surface area contributed by atoms with Crippen molar-refractivity contribution in [3.05, 3.63) is 23.9 Å². The minimum atomic E-state index is 0.657. The van der Waals surface area contributed by atoms with Crippen molar-refractivity contribution in [1.29, 1.82) is 0 Å². The Balaban J connectivity index is 4.06. The van der Waals surface area contributed by atoms with E-state index in [0.717, 1.165) is 0 Å². The molecule has 0 spiro atoms. The van der Waals surface area contributed by atoms with Crippen molar-refractivity contribution in [2.45, 2.75) is 41.0 Å². The van der Waals surface area contributed by atoms with Gasteiger partial charge in [0.2, 0.25) is 0 Å². The molecule has 1 nitrogen and oxygen atoms in total. The van der Waals surface area contributed by atoms with Crippen LogP contribution in [-0.2, 0) is 0 Å². The summed E-state index contributed by atoms with van der Waals surface area (Å²) in [5, 5.41) is 3.09. The first-order valence-electron chi connectivity index (χ1n) is 5.99. The van der Waals surface area contributed by atoms with Crippen molar-refractivity contribution in [3.63, 3.8) is 0 Å². The second-order valence-electron chi connectivity index (χ2n) is 4.92. The molecule has 0 rings (SSSR count). The van der Waals surface area contributed by atoms with E-state index in [9.17, 15) is 0 Å². The van der Waals surface area contributed by atoms with Crippen LogP contribution in [0.25, 0.3) is 0 Å². The van der Waals surface area contributed by atoms with Gasteiger partial charge in [-0.3, -0.25) is 0 Å². The Hall–Kier alpha value is -0.720. The van der Waals surface area contributed by atoms with E-state index in [-0.39, 0.29) is 0 Å². The molecule has 0 amide bonds. The molecule has 0 aromatic heterocycles. The van der Waals surface area contributed by atoms with Gasteiger partial charge in [0.25, 0.3) is 0 Å². The third-order valence-corrected chi connectivity index (χ3v) is 2.70. The zero-order valence-corrected chi connectivity index (χ0v) is 11.2. The summed E-state index contributed by atoms with van der Waals surface area (Å²) in [4.78, 5) is 0. The van der Waals surface area contributed by atoms with Gasteiger partial charge in [0, 0.05) is 7.05 Å². The summed E-state index contributed by atoms with van der Waals surface area (Å²) >= 11 is 0. The molecule has 0 aromatic carbocycles. The van der Waals surface area contributed by atoms with E-state index in [1.54, 1.807) is 0 Å². The van der Waals surface area contributed by atoms with Gasteiger partial charge in [-0.05, 0) is 37.3 Å². The van der Waals surface area contributed by atoms with Gasteiger partial charge in [-0.2, -0.15) is 0 Å². The standard InChI is InChI=1S/C14H27N/c1-11(2)7-8-12(3)9-13(4)14(5)10-15-6/h7-8,10-13,15H,9H2,1-6H3/b8-7-,14-10-. The van der Waals surface area contributed by atoms with Crippen LogP contribution in [0, 0.1) is 17.8 Å². The fraction of sp³-hybridized carbons (Fsp3) is 0.714. The molecule has 1 N–H and O–H groups in total. The molecular formula is C14H27N. The maximum atomic E-state index is 3.09. The van der Waals surface area contributed by atoms with Gasteiger partial charge >= 0.3 is 0 Å². The molecule has 0 saturated carbocycles. The average Bonchev–Trinajstić information content (AvgIpc) is 2.15. The molecule has 2 unspecified atom stereocenters. The minimum Gasteiger partial charge on any atom is -0.394 e. The zero-order valence-electron chi connectivity index (χ0n) is 11.2. The molecule has 15 heavy (non-hydrogen) atoms. The summed E-state index contributed by atoms with van der Waals surface area (Å²) in [6.45, 7) is 11.2. The molecule has 0 aliphatic rings. The third-order valence-electron chi connectivity index (χ3n) is 2.70. The first-order valence-corrected chi connectivity index (χ1v) is 5.99. The van der Waals surface area contributed by atoms with E-state index in [4.69, 9.17) is 0 Å². The molecule has 0 bridgehead atoms. The monoisotopic (exact) mass is 209 g/mol. The Labute approximate surface area is 95.7 Å². The van der Waals surface area contributed by atoms with Gasteiger partial charge in [0.15, 0.2) is 0 Å². The molecule has 0 heterocycles. The molecule has 88 valence electrons. The van der Waals surface area contributed by atoms with E-state index < -0.39 is 0 Å². The molecule has 0 fully saturated rings. The molecule has 0 saturated heterocycles. The van der Waals surface area contributed by atoms with Crippen LogP contribution >= 0.6 is 0 Å². The topological polar surface area (TPSA) is 12.0 Å². The quantitative estimate of drug-likeness (QED) is 0.652. The van der Waals surface area contributed by atoms with Crippen molar-refractivity contribution in [3.8, 4) is 0 Å². The van der Waals surface area contributed by atoms with Crippen molar-refractivity contribution < 1.29 is 0 Å². The maximum Gasteiger partial charge on any atom is 0.00276 e. The molecular weight excluding hydrogens is 182 g/mol. The Kier molecular flexibility index (Phi) is 7.19. The van der Waals surface area contributed by atoms with Gasteiger partial charge in [-0.1, -0.05) is 45.4 Å². The molecule has 2 atom stereocenters. The lowest BCUT2D eigenvalue weighted by Crippen LogP contribution is -2.06. The summed E-state index contributed by atoms with van der Waals surface area (Å²) in [6, 6.07) is 0. The Bertz CT molecular complexity index is 213. The highest BCUT2D eigenvalue weighted by atomic mass is 14.8. The average molecular weight is 209 g/mol. The predicted octanol–water partition coefficient (Wildman–Crippen LogP) is 3.98. The number of rotatable bonds is 6. The van der Waals surface area contributed by atoms with Crippen LogP contribution in [0.5, 0.6) is 0 Å². The highest BCUT2D eigenvalue weighted by molar-refractivity contribution is 5.02. The Morgan fingerprint density at radius 2 is 1.73 bits per heavy atom. The SMILES string of the molecule is CN/C=C(/C)C(C)CC(C)/C=C\C(C)C. The number of hydrogen-bond donors (Lipinski definition) is 1. The summed E-state index contributed by atoms with van der Waals surface area (Å²) in [7, 11) is 1.96. The van der Waals surface area contributed by atoms with E-state index in [0.29, 0.717) is 17.8 Å². The van der Waals surface area contributed by atoms with Crippen molar-refractivity contribution in [2.75, 3.05) is 7.05 Å². The lowest BCUT2D eigenvalue weighted by atomic mass is 9.91. The molecule has 1 heteroatoms. The van der Waals surface area contributed by atoms with Crippen molar-refractivity contribution in [2.24, 2.45) is 17.8 Å². The van der Waals surface area contributed by atoms with Gasteiger partial charge in [-0.15, -0.1) is 0 Å². The van der Waals surface area contributed by atoms with Gasteiger partial charge in [0.05, 0.1) is 0 Å². The minimum absolute atomic E-state index is 0.657. The Morgan fingerprint density at radius 3 is 2.20 bits per heavy atom. The van der Waals surface area contributed by atoms with Crippen molar-refractivity contribution in [1.82, 2.24) is 5.32 Å². The van der Waals surface area contributed by atoms with E-state index in [1.807, 2.05) is 7.05 Å². The highest BCUT2D eigenvalue weighted by Crippen LogP contribution is 2.20. The van der Waals surface area contributed by atoms with Crippen LogP contribution in [0.4, 0.5) is 0 Å². The van der Waals surface area contributed by atoms with E-state index in [2.05, 4.69) is 58.3 Å². The summed E-state index contributed by atoms with van der Waals surface area (Å²) in [5.74, 6) is 1.99. The predicted molar refractivity (Wildman–Crippen MR) is 69.7 cm³/mol. The fourth-order valence-electron chi connectivity index (χ4n) is 1.60. The summed E-state index contributed by atoms with van der Waals surface area (Å²) in [5.41, 5.74) is 1.43. The van der Waals surface area contributed by atoms with Crippen molar-refractivity contribution >= 4 is 0 Å². The second-order valence-corrected chi connectivity index (χ2v) is 4.92. The highest BCUT2D eigenvalue weighted by Gasteiger charge is 2.07. The van der Waals surface area contributed by atoms with E-state index in [1.165, 1.54) is 12.0 Å². The summed E-state index contributed by atoms with van der Waals surface area (Å²) < 4.78 is 0. The number of nitrogens with one attached hydrogen (secondary N) is 1. The maximum absolute atomic E-state index is 3.09. The first kappa shape index (κ1) is 14.3. The van der Waals surface area contributed by atoms with Crippen LogP contribution < -0.4 is 5.32 Å². The normalized spacial score (nSPS) is 17.1. The van der Waals surface area contributed by atoms with Gasteiger partial charge in [0.1, 0.15) is 0 Å². The van der Waals surface area contributed by atoms with E-state index >= 15 is 0 Å². The first-order chi connectivity index (χ1) is 6.97. The second kappa shape index (κ2) is 7.56. The van der Waals surface area contributed by atoms with Crippen LogP contribution in [-0.4, -0.2) is 7.05 Å². The zero-order chi connectivity index (χ0) is 11.8. The molecule has 0 radical (unpaired) electrons. The van der Waals surface area contributed by atoms with Crippen LogP contribution in [0.2, 0.25) is 0 Å². The largest absolute Gasteiger partial charge is 0.394 e. The lowest BCUT2D eigenvalue weighted by Gasteiger charge is -2.15. The lowest BCUT2D eigenvalue weighted by molar-refractivity contribution is 0.518. The fourth-order valence-corrected chi connectivity index (χ4v) is 1.60. The third kappa shape index (κ3) is 7.24. The molecule has 0 aliphatic heterocycles. The Morgan fingerprint density at radius 1 is 1.13 bits per heavy atom. The summed E-state index contributed by atoms with van der Waals surface area (Å²) in [6.07, 6.45) is 7.97. The number of hydrogen-bond acceptors (Lipinski definition) is 1. The molecule has 0 aliphatic carbocycles. The van der Waals surface area contributed by atoms with Gasteiger partial charge in [-0.25, -0.2) is 0 Å². The van der Waals surface area contributed by atoms with Crippen LogP contribution in [0.15, 0.2) is 23.9 Å². The van der Waals surface area contributed by atoms with Crippen LogP contribution in [0.1, 0.15) is 41.0 Å². The van der Waals surface area contributed by atoms with Gasteiger partial charge < -0.3 is 5.32 Å². The smallest absolute Gasteiger partial charge is 0.00276 e. The number of allylic oxidation sites excluding steroid dienone is 3.